The van der Waals surface area contributed by atoms with Crippen LogP contribution in [0.4, 0.5) is 0 Å². The minimum Gasteiger partial charge on any atom is -0.497 e. The zero-order valence-corrected chi connectivity index (χ0v) is 8.92. The molecule has 2 heteroatoms. The summed E-state index contributed by atoms with van der Waals surface area (Å²) in [5.41, 5.74) is 1.19. The van der Waals surface area contributed by atoms with Crippen LogP contribution in [0.3, 0.4) is 0 Å². The highest BCUT2D eigenvalue weighted by atomic mass is 28.1. The number of hydrogen-bond donors (Lipinski definition) is 0. The molecule has 0 spiro atoms. The smallest absolute Gasteiger partial charge is 0.119 e. The van der Waals surface area contributed by atoms with E-state index in [9.17, 15) is 0 Å². The van der Waals surface area contributed by atoms with Crippen molar-refractivity contribution in [3.05, 3.63) is 36.4 Å². The van der Waals surface area contributed by atoms with Crippen molar-refractivity contribution in [1.29, 1.82) is 0 Å². The molecule has 0 N–H and O–H groups in total. The molecule has 1 aromatic carbocycles. The molecule has 0 aromatic heterocycles. The molecule has 0 aliphatic heterocycles. The predicted molar refractivity (Wildman–Crippen MR) is 52.0 cm³/mol. The number of benzene rings is 1. The number of rotatable bonds is 2. The van der Waals surface area contributed by atoms with Gasteiger partial charge < -0.3 is 4.74 Å². The van der Waals surface area contributed by atoms with Gasteiger partial charge in [0.15, 0.2) is 0 Å². The molecule has 0 radical (unpaired) electrons. The number of hydrogen-bond acceptors (Lipinski definition) is 1. The van der Waals surface area contributed by atoms with Crippen LogP contribution in [-0.2, 0) is 0 Å². The minimum absolute atomic E-state index is 0.902. The van der Waals surface area contributed by atoms with Crippen LogP contribution in [0.15, 0.2) is 30.8 Å². The van der Waals surface area contributed by atoms with Crippen LogP contribution in [0, 0.1) is 0 Å². The zero-order valence-electron chi connectivity index (χ0n) is 6.92. The summed E-state index contributed by atoms with van der Waals surface area (Å²) in [6, 6.07) is 7.98. The van der Waals surface area contributed by atoms with E-state index >= 15 is 0 Å². The fourth-order valence-electron chi connectivity index (χ4n) is 0.889. The average Bonchev–Trinajstić information content (AvgIpc) is 2.05. The second-order valence-electron chi connectivity index (χ2n) is 2.51. The predicted octanol–water partition coefficient (Wildman–Crippen LogP) is 1.03. The fraction of sp³-hybridized carbons (Fsp3) is 0.111. The van der Waals surface area contributed by atoms with Gasteiger partial charge in [-0.1, -0.05) is 17.3 Å². The van der Waals surface area contributed by atoms with Gasteiger partial charge in [0.1, 0.15) is 5.75 Å². The van der Waals surface area contributed by atoms with Gasteiger partial charge in [-0.2, -0.15) is 0 Å². The summed E-state index contributed by atoms with van der Waals surface area (Å²) in [4.78, 5) is 0. The van der Waals surface area contributed by atoms with Gasteiger partial charge in [0, 0.05) is 10.2 Å². The molecule has 0 amide bonds. The molecular formula is C9H12OSi. The first-order valence-electron chi connectivity index (χ1n) is 3.54. The summed E-state index contributed by atoms with van der Waals surface area (Å²) in [7, 11) is 2.68. The Morgan fingerprint density at radius 2 is 2.27 bits per heavy atom. The summed E-state index contributed by atoms with van der Waals surface area (Å²) in [5, 5.41) is 1.20. The topological polar surface area (TPSA) is 9.23 Å². The Bertz CT molecular complexity index is 268. The van der Waals surface area contributed by atoms with Crippen LogP contribution < -0.4 is 4.74 Å². The van der Waals surface area contributed by atoms with Crippen molar-refractivity contribution in [1.82, 2.24) is 0 Å². The van der Waals surface area contributed by atoms with Gasteiger partial charge in [-0.05, 0) is 17.7 Å². The van der Waals surface area contributed by atoms with E-state index in [0.29, 0.717) is 0 Å². The van der Waals surface area contributed by atoms with Gasteiger partial charge >= 0.3 is 0 Å². The van der Waals surface area contributed by atoms with Crippen LogP contribution in [0.1, 0.15) is 5.56 Å². The van der Waals surface area contributed by atoms with Crippen LogP contribution in [0.25, 0.3) is 5.20 Å². The third kappa shape index (κ3) is 1.95. The molecule has 0 saturated carbocycles. The molecule has 1 rings (SSSR count). The first-order valence-corrected chi connectivity index (χ1v) is 4.54. The molecule has 0 fully saturated rings. The Kier molecular flexibility index (Phi) is 2.49. The normalized spacial score (nSPS) is 9.55. The summed E-state index contributed by atoms with van der Waals surface area (Å²) in [5.74, 6) is 0.902. The lowest BCUT2D eigenvalue weighted by Crippen LogP contribution is -1.85. The molecular weight excluding hydrogens is 152 g/mol. The van der Waals surface area contributed by atoms with Crippen molar-refractivity contribution in [2.45, 2.75) is 0 Å². The maximum Gasteiger partial charge on any atom is 0.119 e. The standard InChI is InChI=1S/C9H12OSi/c1-7(11)8-4-3-5-9(6-8)10-2/h3-6H,1H2,2,11H3. The van der Waals surface area contributed by atoms with Crippen molar-refractivity contribution in [2.75, 3.05) is 7.11 Å². The van der Waals surface area contributed by atoms with E-state index in [4.69, 9.17) is 4.74 Å². The fourth-order valence-corrected chi connectivity index (χ4v) is 1.20. The first kappa shape index (κ1) is 8.08. The second kappa shape index (κ2) is 3.39. The minimum atomic E-state index is 0.902. The van der Waals surface area contributed by atoms with Gasteiger partial charge in [0.25, 0.3) is 0 Å². The molecule has 0 aliphatic rings. The Morgan fingerprint density at radius 1 is 1.55 bits per heavy atom. The summed E-state index contributed by atoms with van der Waals surface area (Å²) in [6.07, 6.45) is 0. The van der Waals surface area contributed by atoms with Crippen molar-refractivity contribution in [3.63, 3.8) is 0 Å². The Labute approximate surface area is 70.1 Å². The highest BCUT2D eigenvalue weighted by Gasteiger charge is 1.93. The van der Waals surface area contributed by atoms with Gasteiger partial charge in [0.2, 0.25) is 0 Å². The van der Waals surface area contributed by atoms with Crippen LogP contribution >= 0.6 is 0 Å². The lowest BCUT2D eigenvalue weighted by molar-refractivity contribution is 0.414. The molecule has 58 valence electrons. The maximum atomic E-state index is 5.08. The third-order valence-electron chi connectivity index (χ3n) is 1.56. The van der Waals surface area contributed by atoms with Gasteiger partial charge in [-0.3, -0.25) is 0 Å². The average molecular weight is 164 g/mol. The van der Waals surface area contributed by atoms with E-state index in [0.717, 1.165) is 16.0 Å². The van der Waals surface area contributed by atoms with Crippen molar-refractivity contribution >= 4 is 15.4 Å². The van der Waals surface area contributed by atoms with Crippen LogP contribution in [-0.4, -0.2) is 17.4 Å². The highest BCUT2D eigenvalue weighted by Crippen LogP contribution is 2.16. The van der Waals surface area contributed by atoms with Crippen molar-refractivity contribution in [2.24, 2.45) is 0 Å². The van der Waals surface area contributed by atoms with E-state index in [1.165, 1.54) is 10.8 Å². The summed E-state index contributed by atoms with van der Waals surface area (Å²) >= 11 is 0. The zero-order chi connectivity index (χ0) is 8.27. The molecule has 11 heavy (non-hydrogen) atoms. The van der Waals surface area contributed by atoms with E-state index in [1.54, 1.807) is 7.11 Å². The van der Waals surface area contributed by atoms with Crippen molar-refractivity contribution < 1.29 is 4.74 Å². The van der Waals surface area contributed by atoms with Crippen LogP contribution in [0.2, 0.25) is 0 Å². The molecule has 0 unspecified atom stereocenters. The molecule has 1 nitrogen and oxygen atoms in total. The van der Waals surface area contributed by atoms with Crippen molar-refractivity contribution in [3.8, 4) is 5.75 Å². The first-order chi connectivity index (χ1) is 5.24. The van der Waals surface area contributed by atoms with Gasteiger partial charge in [-0.25, -0.2) is 0 Å². The van der Waals surface area contributed by atoms with Gasteiger partial charge in [-0.15, -0.1) is 6.58 Å². The maximum absolute atomic E-state index is 5.08. The lowest BCUT2D eigenvalue weighted by Gasteiger charge is -2.02. The monoisotopic (exact) mass is 164 g/mol. The van der Waals surface area contributed by atoms with Crippen LogP contribution in [0.5, 0.6) is 5.75 Å². The molecule has 0 saturated heterocycles. The van der Waals surface area contributed by atoms with E-state index in [2.05, 4.69) is 12.6 Å². The molecule has 0 aliphatic carbocycles. The largest absolute Gasteiger partial charge is 0.497 e. The lowest BCUT2D eigenvalue weighted by atomic mass is 10.2. The highest BCUT2D eigenvalue weighted by molar-refractivity contribution is 6.41. The molecule has 0 bridgehead atoms. The van der Waals surface area contributed by atoms with E-state index < -0.39 is 0 Å². The second-order valence-corrected chi connectivity index (χ2v) is 3.72. The van der Waals surface area contributed by atoms with E-state index in [-0.39, 0.29) is 0 Å². The molecule has 0 atom stereocenters. The quantitative estimate of drug-likeness (QED) is 0.593. The summed E-state index contributed by atoms with van der Waals surface area (Å²) < 4.78 is 5.08. The molecule has 1 aromatic rings. The van der Waals surface area contributed by atoms with Gasteiger partial charge in [0.05, 0.1) is 7.11 Å². The van der Waals surface area contributed by atoms with E-state index in [1.807, 2.05) is 18.2 Å². The number of methoxy groups -OCH3 is 1. The Balaban J connectivity index is 3.01. The third-order valence-corrected chi connectivity index (χ3v) is 2.14. The number of ether oxygens (including phenoxy) is 1. The Morgan fingerprint density at radius 3 is 2.82 bits per heavy atom. The molecule has 0 heterocycles. The summed E-state index contributed by atoms with van der Waals surface area (Å²) in [6.45, 7) is 3.91. The Hall–Kier alpha value is -1.02. The SMILES string of the molecule is C=C([SiH3])c1cccc(OC)c1.